The van der Waals surface area contributed by atoms with E-state index in [1.165, 1.54) is 0 Å². The summed E-state index contributed by atoms with van der Waals surface area (Å²) in [6.07, 6.45) is 2.30. The van der Waals surface area contributed by atoms with E-state index in [1.54, 1.807) is 0 Å². The number of sulfonamides is 1. The molecule has 0 aliphatic heterocycles. The summed E-state index contributed by atoms with van der Waals surface area (Å²) in [6, 6.07) is 9.82. The van der Waals surface area contributed by atoms with Gasteiger partial charge in [-0.05, 0) is 18.4 Å². The Morgan fingerprint density at radius 3 is 2.50 bits per heavy atom. The van der Waals surface area contributed by atoms with Crippen LogP contribution in [0, 0.1) is 0 Å². The summed E-state index contributed by atoms with van der Waals surface area (Å²) in [6.45, 7) is 1.99. The first-order chi connectivity index (χ1) is 8.57. The molecule has 0 saturated carbocycles. The highest BCUT2D eigenvalue weighted by atomic mass is 79.9. The van der Waals surface area contributed by atoms with Gasteiger partial charge in [0.05, 0.1) is 5.75 Å². The van der Waals surface area contributed by atoms with Crippen molar-refractivity contribution in [2.45, 2.75) is 32.2 Å². The van der Waals surface area contributed by atoms with E-state index in [0.717, 1.165) is 12.0 Å². The number of halogens is 1. The summed E-state index contributed by atoms with van der Waals surface area (Å²) in [7, 11) is -3.16. The van der Waals surface area contributed by atoms with Gasteiger partial charge in [-0.2, -0.15) is 0 Å². The van der Waals surface area contributed by atoms with Crippen molar-refractivity contribution in [1.29, 1.82) is 0 Å². The third-order valence-electron chi connectivity index (χ3n) is 2.62. The zero-order valence-corrected chi connectivity index (χ0v) is 13.0. The van der Waals surface area contributed by atoms with Crippen molar-refractivity contribution in [3.05, 3.63) is 35.9 Å². The minimum absolute atomic E-state index is 0.0887. The first kappa shape index (κ1) is 15.7. The fraction of sp³-hybridized carbons (Fsp3) is 0.538. The van der Waals surface area contributed by atoms with Gasteiger partial charge in [0.1, 0.15) is 0 Å². The molecule has 1 aromatic rings. The van der Waals surface area contributed by atoms with Gasteiger partial charge >= 0.3 is 0 Å². The number of hydrogen-bond acceptors (Lipinski definition) is 2. The van der Waals surface area contributed by atoms with Crippen LogP contribution in [0.15, 0.2) is 30.3 Å². The molecule has 0 aliphatic rings. The molecule has 1 rings (SSSR count). The molecule has 3 nitrogen and oxygen atoms in total. The lowest BCUT2D eigenvalue weighted by Gasteiger charge is -2.16. The Bertz CT molecular complexity index is 434. The molecular weight excluding hydrogens is 314 g/mol. The van der Waals surface area contributed by atoms with Crippen molar-refractivity contribution < 1.29 is 8.42 Å². The van der Waals surface area contributed by atoms with E-state index >= 15 is 0 Å². The van der Waals surface area contributed by atoms with E-state index in [4.69, 9.17) is 0 Å². The minimum atomic E-state index is -3.16. The van der Waals surface area contributed by atoms with Gasteiger partial charge in [0.25, 0.3) is 0 Å². The molecule has 1 N–H and O–H groups in total. The van der Waals surface area contributed by atoms with Gasteiger partial charge in [0.15, 0.2) is 0 Å². The molecular formula is C13H20BrNO2S. The van der Waals surface area contributed by atoms with E-state index < -0.39 is 10.0 Å². The van der Waals surface area contributed by atoms with Crippen LogP contribution in [0.1, 0.15) is 25.3 Å². The number of alkyl halides is 1. The van der Waals surface area contributed by atoms with Crippen molar-refractivity contribution in [3.63, 3.8) is 0 Å². The molecule has 0 fully saturated rings. The van der Waals surface area contributed by atoms with Crippen molar-refractivity contribution in [3.8, 4) is 0 Å². The molecule has 1 atom stereocenters. The maximum atomic E-state index is 11.8. The predicted octanol–water partition coefficient (Wildman–Crippen LogP) is 2.71. The summed E-state index contributed by atoms with van der Waals surface area (Å²) < 4.78 is 26.4. The summed E-state index contributed by atoms with van der Waals surface area (Å²) >= 11 is 3.37. The predicted molar refractivity (Wildman–Crippen MR) is 79.6 cm³/mol. The summed E-state index contributed by atoms with van der Waals surface area (Å²) in [4.78, 5) is 0. The van der Waals surface area contributed by atoms with Gasteiger partial charge < -0.3 is 0 Å². The molecule has 0 amide bonds. The number of hydrogen-bond donors (Lipinski definition) is 1. The zero-order valence-electron chi connectivity index (χ0n) is 10.6. The first-order valence-corrected chi connectivity index (χ1v) is 8.94. The van der Waals surface area contributed by atoms with Gasteiger partial charge in [-0.15, -0.1) is 0 Å². The molecule has 0 heterocycles. The van der Waals surface area contributed by atoms with Crippen LogP contribution < -0.4 is 4.72 Å². The Labute approximate surface area is 118 Å². The van der Waals surface area contributed by atoms with Crippen LogP contribution in [-0.2, 0) is 16.4 Å². The highest BCUT2D eigenvalue weighted by Crippen LogP contribution is 2.07. The molecule has 0 spiro atoms. The lowest BCUT2D eigenvalue weighted by molar-refractivity contribution is 0.559. The van der Waals surface area contributed by atoms with E-state index in [0.29, 0.717) is 18.2 Å². The third kappa shape index (κ3) is 5.98. The topological polar surface area (TPSA) is 46.2 Å². The Morgan fingerprint density at radius 1 is 1.28 bits per heavy atom. The molecule has 102 valence electrons. The van der Waals surface area contributed by atoms with Crippen molar-refractivity contribution in [1.82, 2.24) is 4.72 Å². The molecule has 18 heavy (non-hydrogen) atoms. The smallest absolute Gasteiger partial charge is 0.211 e. The molecule has 0 radical (unpaired) electrons. The summed E-state index contributed by atoms with van der Waals surface area (Å²) in [5, 5.41) is 0.618. The molecule has 5 heteroatoms. The standard InChI is InChI=1S/C13H20BrNO2S/c1-2-3-9-18(16,17)15-13(11-14)10-12-7-5-4-6-8-12/h4-8,13,15H,2-3,9-11H2,1H3. The van der Waals surface area contributed by atoms with Crippen LogP contribution in [0.4, 0.5) is 0 Å². The van der Waals surface area contributed by atoms with Crippen LogP contribution in [-0.4, -0.2) is 25.5 Å². The number of rotatable bonds is 8. The average Bonchev–Trinajstić information content (AvgIpc) is 2.36. The Hall–Kier alpha value is -0.390. The summed E-state index contributed by atoms with van der Waals surface area (Å²) in [5.74, 6) is 0.210. The highest BCUT2D eigenvalue weighted by molar-refractivity contribution is 9.09. The van der Waals surface area contributed by atoms with Crippen LogP contribution in [0.25, 0.3) is 0 Å². The first-order valence-electron chi connectivity index (χ1n) is 6.17. The minimum Gasteiger partial charge on any atom is -0.212 e. The van der Waals surface area contributed by atoms with Crippen molar-refractivity contribution in [2.24, 2.45) is 0 Å². The largest absolute Gasteiger partial charge is 0.212 e. The van der Waals surface area contributed by atoms with E-state index in [1.807, 2.05) is 37.3 Å². The van der Waals surface area contributed by atoms with E-state index in [2.05, 4.69) is 20.7 Å². The van der Waals surface area contributed by atoms with Crippen LogP contribution in [0.2, 0.25) is 0 Å². The van der Waals surface area contributed by atoms with E-state index in [-0.39, 0.29) is 11.8 Å². The maximum Gasteiger partial charge on any atom is 0.211 e. The van der Waals surface area contributed by atoms with Gasteiger partial charge in [0, 0.05) is 11.4 Å². The summed E-state index contributed by atoms with van der Waals surface area (Å²) in [5.41, 5.74) is 1.14. The SMILES string of the molecule is CCCCS(=O)(=O)NC(CBr)Cc1ccccc1. The van der Waals surface area contributed by atoms with Gasteiger partial charge in [-0.1, -0.05) is 59.6 Å². The van der Waals surface area contributed by atoms with Gasteiger partial charge in [-0.3, -0.25) is 0 Å². The lowest BCUT2D eigenvalue weighted by atomic mass is 10.1. The van der Waals surface area contributed by atoms with Crippen LogP contribution in [0.3, 0.4) is 0 Å². The van der Waals surface area contributed by atoms with E-state index in [9.17, 15) is 8.42 Å². The molecule has 1 aromatic carbocycles. The molecule has 1 unspecified atom stereocenters. The second-order valence-electron chi connectivity index (χ2n) is 4.33. The Balaban J connectivity index is 2.57. The highest BCUT2D eigenvalue weighted by Gasteiger charge is 2.16. The second kappa shape index (κ2) is 7.92. The molecule has 0 bridgehead atoms. The average molecular weight is 334 g/mol. The quantitative estimate of drug-likeness (QED) is 0.743. The van der Waals surface area contributed by atoms with Gasteiger partial charge in [0.2, 0.25) is 10.0 Å². The zero-order chi connectivity index (χ0) is 13.4. The maximum absolute atomic E-state index is 11.8. The van der Waals surface area contributed by atoms with Crippen molar-refractivity contribution in [2.75, 3.05) is 11.1 Å². The number of benzene rings is 1. The molecule has 0 aliphatic carbocycles. The number of unbranched alkanes of at least 4 members (excludes halogenated alkanes) is 1. The normalized spacial score (nSPS) is 13.4. The van der Waals surface area contributed by atoms with Crippen LogP contribution in [0.5, 0.6) is 0 Å². The fourth-order valence-electron chi connectivity index (χ4n) is 1.67. The van der Waals surface area contributed by atoms with Crippen LogP contribution >= 0.6 is 15.9 Å². The monoisotopic (exact) mass is 333 g/mol. The lowest BCUT2D eigenvalue weighted by Crippen LogP contribution is -2.39. The Morgan fingerprint density at radius 2 is 1.94 bits per heavy atom. The van der Waals surface area contributed by atoms with Gasteiger partial charge in [-0.25, -0.2) is 13.1 Å². The fourth-order valence-corrected chi connectivity index (χ4v) is 3.74. The third-order valence-corrected chi connectivity index (χ3v) is 4.92. The van der Waals surface area contributed by atoms with Crippen molar-refractivity contribution >= 4 is 26.0 Å². The second-order valence-corrected chi connectivity index (χ2v) is 6.85. The number of nitrogens with one attached hydrogen (secondary N) is 1. The Kier molecular flexibility index (Phi) is 6.89. The molecule has 0 saturated heterocycles. The molecule has 0 aromatic heterocycles.